The lowest BCUT2D eigenvalue weighted by Crippen LogP contribution is -2.43. The second-order valence-corrected chi connectivity index (χ2v) is 8.93. The normalized spacial score (nSPS) is 25.7. The molecule has 2 aliphatic rings. The summed E-state index contributed by atoms with van der Waals surface area (Å²) in [6.45, 7) is 8.86. The summed E-state index contributed by atoms with van der Waals surface area (Å²) >= 11 is 0. The van der Waals surface area contributed by atoms with E-state index in [1.54, 1.807) is 0 Å². The van der Waals surface area contributed by atoms with Crippen molar-refractivity contribution in [2.75, 3.05) is 10.6 Å². The van der Waals surface area contributed by atoms with Gasteiger partial charge < -0.3 is 10.6 Å². The van der Waals surface area contributed by atoms with Crippen molar-refractivity contribution < 1.29 is 0 Å². The molecule has 26 heavy (non-hydrogen) atoms. The molecule has 6 heteroatoms. The third-order valence-electron chi connectivity index (χ3n) is 5.76. The lowest BCUT2D eigenvalue weighted by Gasteiger charge is -2.36. The van der Waals surface area contributed by atoms with Gasteiger partial charge in [0.15, 0.2) is 5.82 Å². The molecule has 1 aromatic heterocycles. The van der Waals surface area contributed by atoms with Gasteiger partial charge in [-0.1, -0.05) is 25.3 Å². The molecule has 0 bridgehead atoms. The van der Waals surface area contributed by atoms with Gasteiger partial charge in [0.2, 0.25) is 0 Å². The van der Waals surface area contributed by atoms with Crippen LogP contribution in [0, 0.1) is 6.92 Å². The van der Waals surface area contributed by atoms with Crippen molar-refractivity contribution in [1.82, 2.24) is 20.2 Å². The van der Waals surface area contributed by atoms with E-state index in [0.29, 0.717) is 6.04 Å². The molecule has 0 radical (unpaired) electrons. The van der Waals surface area contributed by atoms with E-state index in [-0.39, 0.29) is 11.1 Å². The summed E-state index contributed by atoms with van der Waals surface area (Å²) in [4.78, 5) is 0. The van der Waals surface area contributed by atoms with E-state index in [1.165, 1.54) is 37.7 Å². The van der Waals surface area contributed by atoms with Crippen LogP contribution >= 0.6 is 0 Å². The summed E-state index contributed by atoms with van der Waals surface area (Å²) < 4.78 is 2.10. The topological polar surface area (TPSA) is 67.7 Å². The van der Waals surface area contributed by atoms with Crippen molar-refractivity contribution in [2.45, 2.75) is 83.3 Å². The number of aryl methyl sites for hydroxylation is 1. The van der Waals surface area contributed by atoms with Crippen LogP contribution in [-0.4, -0.2) is 25.7 Å². The van der Waals surface area contributed by atoms with E-state index >= 15 is 0 Å². The number of hydrogen-bond acceptors (Lipinski definition) is 5. The average Bonchev–Trinajstić information content (AvgIpc) is 3.04. The molecule has 2 aromatic rings. The zero-order chi connectivity index (χ0) is 18.4. The van der Waals surface area contributed by atoms with Gasteiger partial charge in [0.05, 0.1) is 23.0 Å². The predicted octanol–water partition coefficient (Wildman–Crippen LogP) is 4.41. The largest absolute Gasteiger partial charge is 0.378 e. The van der Waals surface area contributed by atoms with Crippen LogP contribution in [0.3, 0.4) is 0 Å². The van der Waals surface area contributed by atoms with Crippen LogP contribution in [0.15, 0.2) is 18.2 Å². The monoisotopic (exact) mass is 354 g/mol. The fraction of sp³-hybridized carbons (Fsp3) is 0.650. The van der Waals surface area contributed by atoms with E-state index in [0.717, 1.165) is 23.6 Å². The number of aromatic nitrogens is 4. The van der Waals surface area contributed by atoms with Crippen molar-refractivity contribution in [2.24, 2.45) is 0 Å². The van der Waals surface area contributed by atoms with Gasteiger partial charge in [-0.2, -0.15) is 0 Å². The molecule has 1 unspecified atom stereocenters. The molecule has 6 nitrogen and oxygen atoms in total. The van der Waals surface area contributed by atoms with E-state index < -0.39 is 0 Å². The van der Waals surface area contributed by atoms with Gasteiger partial charge in [0.1, 0.15) is 0 Å². The number of rotatable bonds is 2. The molecule has 0 saturated heterocycles. The van der Waals surface area contributed by atoms with Crippen molar-refractivity contribution in [3.05, 3.63) is 29.6 Å². The second-order valence-electron chi connectivity index (χ2n) is 8.93. The number of nitrogens with one attached hydrogen (secondary N) is 2. The Morgan fingerprint density at radius 3 is 2.58 bits per heavy atom. The predicted molar refractivity (Wildman–Crippen MR) is 104 cm³/mol. The third-order valence-corrected chi connectivity index (χ3v) is 5.76. The Morgan fingerprint density at radius 1 is 1.04 bits per heavy atom. The first-order valence-electron chi connectivity index (χ1n) is 9.82. The lowest BCUT2D eigenvalue weighted by atomic mass is 9.84. The summed E-state index contributed by atoms with van der Waals surface area (Å²) in [6, 6.07) is 6.94. The van der Waals surface area contributed by atoms with Crippen molar-refractivity contribution >= 4 is 11.4 Å². The highest BCUT2D eigenvalue weighted by Crippen LogP contribution is 2.42. The minimum absolute atomic E-state index is 0.0792. The lowest BCUT2D eigenvalue weighted by molar-refractivity contribution is 0.287. The fourth-order valence-electron chi connectivity index (χ4n) is 4.77. The summed E-state index contributed by atoms with van der Waals surface area (Å²) in [5.74, 6) is 0.952. The molecular formula is C20H30N6. The maximum Gasteiger partial charge on any atom is 0.176 e. The van der Waals surface area contributed by atoms with Crippen LogP contribution in [0.25, 0.3) is 0 Å². The van der Waals surface area contributed by atoms with Gasteiger partial charge in [-0.25, -0.2) is 4.68 Å². The standard InChI is InChI=1S/C20H30N6/c1-14-10-11-16-17(12-14)21-19(2,3)13-20(4,22-16)18-23-24-25-26(18)15-8-6-5-7-9-15/h10-12,15,21-22H,5-9,13H2,1-4H3. The fourth-order valence-corrected chi connectivity index (χ4v) is 4.77. The highest BCUT2D eigenvalue weighted by Gasteiger charge is 2.42. The Kier molecular flexibility index (Phi) is 4.16. The number of tetrazole rings is 1. The van der Waals surface area contributed by atoms with Gasteiger partial charge in [-0.05, 0) is 75.1 Å². The molecule has 0 amide bonds. The first-order chi connectivity index (χ1) is 12.4. The van der Waals surface area contributed by atoms with Crippen LogP contribution in [0.5, 0.6) is 0 Å². The summed E-state index contributed by atoms with van der Waals surface area (Å²) in [5.41, 5.74) is 3.10. The molecule has 1 aromatic carbocycles. The van der Waals surface area contributed by atoms with Gasteiger partial charge in [0, 0.05) is 5.54 Å². The maximum atomic E-state index is 4.50. The highest BCUT2D eigenvalue weighted by atomic mass is 15.6. The first-order valence-corrected chi connectivity index (χ1v) is 9.82. The summed E-state index contributed by atoms with van der Waals surface area (Å²) in [6.07, 6.45) is 7.09. The molecule has 2 N–H and O–H groups in total. The van der Waals surface area contributed by atoms with Gasteiger partial charge >= 0.3 is 0 Å². The number of nitrogens with zero attached hydrogens (tertiary/aromatic N) is 4. The molecule has 1 saturated carbocycles. The Bertz CT molecular complexity index is 789. The zero-order valence-corrected chi connectivity index (χ0v) is 16.3. The van der Waals surface area contributed by atoms with Crippen molar-refractivity contribution in [3.63, 3.8) is 0 Å². The molecule has 2 heterocycles. The first kappa shape index (κ1) is 17.3. The number of benzene rings is 1. The highest BCUT2D eigenvalue weighted by molar-refractivity contribution is 5.72. The molecular weight excluding hydrogens is 324 g/mol. The second kappa shape index (κ2) is 6.25. The quantitative estimate of drug-likeness (QED) is 0.836. The smallest absolute Gasteiger partial charge is 0.176 e. The Labute approximate surface area is 155 Å². The molecule has 0 spiro atoms. The Balaban J connectivity index is 1.75. The van der Waals surface area contributed by atoms with E-state index in [4.69, 9.17) is 0 Å². The maximum absolute atomic E-state index is 4.50. The van der Waals surface area contributed by atoms with E-state index in [1.807, 2.05) is 0 Å². The molecule has 140 valence electrons. The van der Waals surface area contributed by atoms with Crippen LogP contribution in [0.2, 0.25) is 0 Å². The van der Waals surface area contributed by atoms with Crippen LogP contribution < -0.4 is 10.6 Å². The number of fused-ring (bicyclic) bond motifs is 1. The van der Waals surface area contributed by atoms with E-state index in [2.05, 4.69) is 76.7 Å². The summed E-state index contributed by atoms with van der Waals surface area (Å²) in [7, 11) is 0. The van der Waals surface area contributed by atoms with E-state index in [9.17, 15) is 0 Å². The Hall–Kier alpha value is -2.11. The zero-order valence-electron chi connectivity index (χ0n) is 16.3. The molecule has 1 fully saturated rings. The van der Waals surface area contributed by atoms with Crippen molar-refractivity contribution in [3.8, 4) is 0 Å². The minimum atomic E-state index is -0.335. The molecule has 1 aliphatic carbocycles. The summed E-state index contributed by atoms with van der Waals surface area (Å²) in [5, 5.41) is 20.5. The molecule has 1 atom stereocenters. The van der Waals surface area contributed by atoms with Crippen molar-refractivity contribution in [1.29, 1.82) is 0 Å². The third kappa shape index (κ3) is 3.17. The molecule has 4 rings (SSSR count). The average molecular weight is 355 g/mol. The van der Waals surface area contributed by atoms with Crippen LogP contribution in [0.1, 0.15) is 76.7 Å². The van der Waals surface area contributed by atoms with Gasteiger partial charge in [0.25, 0.3) is 0 Å². The minimum Gasteiger partial charge on any atom is -0.378 e. The Morgan fingerprint density at radius 2 is 1.81 bits per heavy atom. The molecule has 1 aliphatic heterocycles. The SMILES string of the molecule is Cc1ccc2c(c1)NC(C)(C)CC(C)(c1nnnn1C1CCCCC1)N2. The van der Waals surface area contributed by atoms with Crippen LogP contribution in [-0.2, 0) is 5.54 Å². The van der Waals surface area contributed by atoms with Gasteiger partial charge in [-0.3, -0.25) is 0 Å². The van der Waals surface area contributed by atoms with Crippen LogP contribution in [0.4, 0.5) is 11.4 Å². The van der Waals surface area contributed by atoms with Gasteiger partial charge in [-0.15, -0.1) is 5.10 Å². The number of anilines is 2. The number of hydrogen-bond donors (Lipinski definition) is 2.